The van der Waals surface area contributed by atoms with E-state index in [0.29, 0.717) is 0 Å². The van der Waals surface area contributed by atoms with Gasteiger partial charge in [0, 0.05) is 37.4 Å². The predicted octanol–water partition coefficient (Wildman–Crippen LogP) is 2.85. The molecular formula is C18H25ClN2O2. The van der Waals surface area contributed by atoms with Crippen LogP contribution in [-0.4, -0.2) is 43.2 Å². The Morgan fingerprint density at radius 1 is 1.26 bits per heavy atom. The fraction of sp³-hybridized carbons (Fsp3) is 0.611. The number of carbonyl (C=O) groups is 1. The molecule has 1 amide bonds. The number of nitrogens with zero attached hydrogens (tertiary/aromatic N) is 1. The number of amides is 1. The molecule has 1 aromatic carbocycles. The number of hydrogen-bond acceptors (Lipinski definition) is 3. The largest absolute Gasteiger partial charge is 0.381 e. The van der Waals surface area contributed by atoms with Gasteiger partial charge in [0.1, 0.15) is 0 Å². The summed E-state index contributed by atoms with van der Waals surface area (Å²) >= 11 is 6.25. The van der Waals surface area contributed by atoms with E-state index < -0.39 is 0 Å². The first kappa shape index (κ1) is 16.7. The summed E-state index contributed by atoms with van der Waals surface area (Å²) in [5.74, 6) is 0.301. The van der Waals surface area contributed by atoms with Gasteiger partial charge in [0.2, 0.25) is 5.91 Å². The van der Waals surface area contributed by atoms with Crippen LogP contribution < -0.4 is 5.32 Å². The minimum absolute atomic E-state index is 0.0917. The summed E-state index contributed by atoms with van der Waals surface area (Å²) in [6.45, 7) is 4.19. The normalized spacial score (nSPS) is 23.6. The van der Waals surface area contributed by atoms with Crippen LogP contribution in [0.25, 0.3) is 0 Å². The average Bonchev–Trinajstić information content (AvgIpc) is 2.58. The van der Waals surface area contributed by atoms with Crippen molar-refractivity contribution in [1.29, 1.82) is 0 Å². The summed E-state index contributed by atoms with van der Waals surface area (Å²) < 4.78 is 5.35. The van der Waals surface area contributed by atoms with Gasteiger partial charge in [0.25, 0.3) is 0 Å². The van der Waals surface area contributed by atoms with Crippen molar-refractivity contribution in [2.45, 2.75) is 38.3 Å². The lowest BCUT2D eigenvalue weighted by Crippen LogP contribution is -2.47. The van der Waals surface area contributed by atoms with E-state index in [0.717, 1.165) is 69.1 Å². The molecule has 1 unspecified atom stereocenters. The number of nitrogens with one attached hydrogen (secondary N) is 1. The van der Waals surface area contributed by atoms with E-state index in [9.17, 15) is 4.79 Å². The number of ether oxygens (including phenoxy) is 1. The maximum atomic E-state index is 12.5. The summed E-state index contributed by atoms with van der Waals surface area (Å²) in [6, 6.07) is 8.24. The lowest BCUT2D eigenvalue weighted by molar-refractivity contribution is -0.128. The molecule has 0 saturated carbocycles. The van der Waals surface area contributed by atoms with Crippen molar-refractivity contribution in [3.8, 4) is 0 Å². The van der Waals surface area contributed by atoms with Crippen molar-refractivity contribution in [1.82, 2.24) is 10.2 Å². The van der Waals surface area contributed by atoms with Crippen LogP contribution in [0.3, 0.4) is 0 Å². The first-order valence-corrected chi connectivity index (χ1v) is 8.94. The monoisotopic (exact) mass is 336 g/mol. The quantitative estimate of drug-likeness (QED) is 0.919. The van der Waals surface area contributed by atoms with Crippen molar-refractivity contribution in [3.05, 3.63) is 34.9 Å². The number of likely N-dealkylation sites (tertiary alicyclic amines) is 1. The molecule has 126 valence electrons. The molecule has 0 radical (unpaired) electrons. The minimum atomic E-state index is 0.0917. The molecule has 0 aliphatic carbocycles. The highest BCUT2D eigenvalue weighted by Gasteiger charge is 2.28. The zero-order valence-electron chi connectivity index (χ0n) is 13.5. The van der Waals surface area contributed by atoms with Crippen molar-refractivity contribution < 1.29 is 9.53 Å². The lowest BCUT2D eigenvalue weighted by Gasteiger charge is -2.33. The molecule has 5 heteroatoms. The maximum Gasteiger partial charge on any atom is 0.224 e. The first-order valence-electron chi connectivity index (χ1n) is 8.56. The Morgan fingerprint density at radius 2 is 2.04 bits per heavy atom. The van der Waals surface area contributed by atoms with Gasteiger partial charge in [-0.3, -0.25) is 9.69 Å². The van der Waals surface area contributed by atoms with Crippen molar-refractivity contribution in [2.24, 2.45) is 5.92 Å². The molecule has 2 heterocycles. The first-order chi connectivity index (χ1) is 11.2. The summed E-state index contributed by atoms with van der Waals surface area (Å²) in [7, 11) is 0. The molecule has 2 fully saturated rings. The highest BCUT2D eigenvalue weighted by atomic mass is 35.5. The van der Waals surface area contributed by atoms with Crippen molar-refractivity contribution >= 4 is 17.5 Å². The van der Waals surface area contributed by atoms with Crippen molar-refractivity contribution in [3.63, 3.8) is 0 Å². The van der Waals surface area contributed by atoms with Gasteiger partial charge in [-0.25, -0.2) is 0 Å². The Hall–Kier alpha value is -1.10. The Labute approximate surface area is 143 Å². The van der Waals surface area contributed by atoms with Gasteiger partial charge in [0.05, 0.1) is 5.92 Å². The van der Waals surface area contributed by atoms with Gasteiger partial charge < -0.3 is 10.1 Å². The van der Waals surface area contributed by atoms with E-state index >= 15 is 0 Å². The predicted molar refractivity (Wildman–Crippen MR) is 91.4 cm³/mol. The van der Waals surface area contributed by atoms with E-state index in [1.807, 2.05) is 18.2 Å². The van der Waals surface area contributed by atoms with Crippen LogP contribution in [0.4, 0.5) is 0 Å². The molecule has 1 N–H and O–H groups in total. The molecule has 2 aliphatic rings. The second kappa shape index (κ2) is 8.13. The van der Waals surface area contributed by atoms with Crippen LogP contribution in [0.5, 0.6) is 0 Å². The Balaban J connectivity index is 1.53. The molecule has 4 nitrogen and oxygen atoms in total. The number of carbonyl (C=O) groups excluding carboxylic acids is 1. The zero-order valence-corrected chi connectivity index (χ0v) is 14.2. The van der Waals surface area contributed by atoms with Gasteiger partial charge in [-0.2, -0.15) is 0 Å². The molecular weight excluding hydrogens is 312 g/mol. The maximum absolute atomic E-state index is 12.5. The van der Waals surface area contributed by atoms with E-state index in [1.165, 1.54) is 0 Å². The van der Waals surface area contributed by atoms with Gasteiger partial charge in [0.15, 0.2) is 0 Å². The Morgan fingerprint density at radius 3 is 2.83 bits per heavy atom. The molecule has 0 spiro atoms. The SMILES string of the molecule is O=C(NC1CCOCC1)C1CCCN(Cc2ccccc2Cl)C1. The summed E-state index contributed by atoms with van der Waals surface area (Å²) in [5.41, 5.74) is 1.14. The molecule has 23 heavy (non-hydrogen) atoms. The molecule has 1 aromatic rings. The smallest absolute Gasteiger partial charge is 0.224 e. The Bertz CT molecular complexity index is 532. The summed E-state index contributed by atoms with van der Waals surface area (Å²) in [4.78, 5) is 14.9. The average molecular weight is 337 g/mol. The van der Waals surface area contributed by atoms with Crippen LogP contribution >= 0.6 is 11.6 Å². The Kier molecular flexibility index (Phi) is 5.92. The van der Waals surface area contributed by atoms with Gasteiger partial charge in [-0.05, 0) is 43.9 Å². The topological polar surface area (TPSA) is 41.6 Å². The zero-order chi connectivity index (χ0) is 16.1. The number of hydrogen-bond donors (Lipinski definition) is 1. The molecule has 0 bridgehead atoms. The highest BCUT2D eigenvalue weighted by molar-refractivity contribution is 6.31. The van der Waals surface area contributed by atoms with Gasteiger partial charge in [-0.1, -0.05) is 29.8 Å². The van der Waals surface area contributed by atoms with Crippen LogP contribution in [0.2, 0.25) is 5.02 Å². The third kappa shape index (κ3) is 4.69. The number of piperidine rings is 1. The lowest BCUT2D eigenvalue weighted by atomic mass is 9.95. The van der Waals surface area contributed by atoms with E-state index in [-0.39, 0.29) is 17.9 Å². The molecule has 2 aliphatic heterocycles. The van der Waals surface area contributed by atoms with Crippen LogP contribution in [0.15, 0.2) is 24.3 Å². The third-order valence-corrected chi connectivity index (χ3v) is 5.16. The fourth-order valence-corrected chi connectivity index (χ4v) is 3.64. The molecule has 3 rings (SSSR count). The molecule has 0 aromatic heterocycles. The van der Waals surface area contributed by atoms with Gasteiger partial charge in [-0.15, -0.1) is 0 Å². The highest BCUT2D eigenvalue weighted by Crippen LogP contribution is 2.22. The van der Waals surface area contributed by atoms with Crippen LogP contribution in [-0.2, 0) is 16.1 Å². The third-order valence-electron chi connectivity index (χ3n) is 4.80. The second-order valence-electron chi connectivity index (χ2n) is 6.56. The van der Waals surface area contributed by atoms with Crippen LogP contribution in [0.1, 0.15) is 31.2 Å². The molecule has 1 atom stereocenters. The second-order valence-corrected chi connectivity index (χ2v) is 6.97. The van der Waals surface area contributed by atoms with E-state index in [4.69, 9.17) is 16.3 Å². The number of rotatable bonds is 4. The summed E-state index contributed by atoms with van der Waals surface area (Å²) in [6.07, 6.45) is 3.91. The molecule has 2 saturated heterocycles. The number of halogens is 1. The van der Waals surface area contributed by atoms with E-state index in [2.05, 4.69) is 16.3 Å². The standard InChI is InChI=1S/C18H25ClN2O2/c19-17-6-2-1-4-14(17)12-21-9-3-5-15(13-21)18(22)20-16-7-10-23-11-8-16/h1-2,4,6,15-16H,3,5,7-13H2,(H,20,22). The minimum Gasteiger partial charge on any atom is -0.381 e. The number of benzene rings is 1. The fourth-order valence-electron chi connectivity index (χ4n) is 3.44. The van der Waals surface area contributed by atoms with Gasteiger partial charge >= 0.3 is 0 Å². The van der Waals surface area contributed by atoms with Crippen LogP contribution in [0, 0.1) is 5.92 Å². The summed E-state index contributed by atoms with van der Waals surface area (Å²) in [5, 5.41) is 4.02. The van der Waals surface area contributed by atoms with E-state index in [1.54, 1.807) is 0 Å². The van der Waals surface area contributed by atoms with Crippen molar-refractivity contribution in [2.75, 3.05) is 26.3 Å².